The van der Waals surface area contributed by atoms with Crippen LogP contribution in [0.4, 0.5) is 0 Å². The fraction of sp³-hybridized carbons (Fsp3) is 0.0769. The zero-order chi connectivity index (χ0) is 29.3. The molecule has 0 amide bonds. The molecule has 0 heterocycles. The first-order chi connectivity index (χ1) is 20.3. The SMILES string of the molecule is Cc1ccc(-c2ccc(O)c(C(C)(c3ccc(-c4ccccc4)cc3)c3cc(-c4ccc(O)cc4)ccc3O)c2)cc1. The lowest BCUT2D eigenvalue weighted by molar-refractivity contribution is 0.442. The molecule has 0 saturated carbocycles. The highest BCUT2D eigenvalue weighted by atomic mass is 16.3. The Morgan fingerprint density at radius 1 is 0.429 bits per heavy atom. The second-order valence-corrected chi connectivity index (χ2v) is 10.9. The first-order valence-electron chi connectivity index (χ1n) is 14.0. The van der Waals surface area contributed by atoms with Crippen molar-refractivity contribution in [2.75, 3.05) is 0 Å². The summed E-state index contributed by atoms with van der Waals surface area (Å²) in [5.74, 6) is 0.473. The molecule has 0 aliphatic rings. The van der Waals surface area contributed by atoms with Crippen LogP contribution in [0.5, 0.6) is 17.2 Å². The Balaban J connectivity index is 1.57. The van der Waals surface area contributed by atoms with Gasteiger partial charge in [0.05, 0.1) is 0 Å². The third-order valence-electron chi connectivity index (χ3n) is 8.23. The maximum atomic E-state index is 11.4. The van der Waals surface area contributed by atoms with Crippen LogP contribution in [0.2, 0.25) is 0 Å². The lowest BCUT2D eigenvalue weighted by Gasteiger charge is -2.34. The van der Waals surface area contributed by atoms with Crippen LogP contribution in [0.1, 0.15) is 29.2 Å². The molecule has 42 heavy (non-hydrogen) atoms. The second kappa shape index (κ2) is 10.9. The van der Waals surface area contributed by atoms with Crippen molar-refractivity contribution in [3.05, 3.63) is 162 Å². The quantitative estimate of drug-likeness (QED) is 0.182. The highest BCUT2D eigenvalue weighted by Gasteiger charge is 2.36. The van der Waals surface area contributed by atoms with Gasteiger partial charge in [0.15, 0.2) is 0 Å². The molecular formula is C39H32O3. The first-order valence-corrected chi connectivity index (χ1v) is 14.0. The maximum absolute atomic E-state index is 11.4. The van der Waals surface area contributed by atoms with E-state index in [0.29, 0.717) is 11.1 Å². The Hall–Kier alpha value is -5.28. The highest BCUT2D eigenvalue weighted by Crippen LogP contribution is 2.48. The van der Waals surface area contributed by atoms with Crippen molar-refractivity contribution in [1.82, 2.24) is 0 Å². The molecule has 1 atom stereocenters. The van der Waals surface area contributed by atoms with Crippen LogP contribution in [0.15, 0.2) is 140 Å². The number of phenolic OH excluding ortho intramolecular Hbond substituents is 3. The average molecular weight is 549 g/mol. The van der Waals surface area contributed by atoms with Gasteiger partial charge in [-0.15, -0.1) is 0 Å². The normalized spacial score (nSPS) is 12.5. The van der Waals surface area contributed by atoms with E-state index in [2.05, 4.69) is 67.6 Å². The second-order valence-electron chi connectivity index (χ2n) is 10.9. The van der Waals surface area contributed by atoms with E-state index in [1.165, 1.54) is 5.56 Å². The molecular weight excluding hydrogens is 516 g/mol. The molecule has 0 spiro atoms. The van der Waals surface area contributed by atoms with Crippen molar-refractivity contribution in [2.45, 2.75) is 19.3 Å². The van der Waals surface area contributed by atoms with Crippen LogP contribution >= 0.6 is 0 Å². The van der Waals surface area contributed by atoms with Crippen LogP contribution in [0, 0.1) is 6.92 Å². The van der Waals surface area contributed by atoms with Crippen molar-refractivity contribution < 1.29 is 15.3 Å². The predicted octanol–water partition coefficient (Wildman–Crippen LogP) is 9.47. The van der Waals surface area contributed by atoms with Crippen molar-refractivity contribution in [3.63, 3.8) is 0 Å². The molecule has 0 aromatic heterocycles. The summed E-state index contributed by atoms with van der Waals surface area (Å²) in [7, 11) is 0. The Kier molecular flexibility index (Phi) is 7.02. The maximum Gasteiger partial charge on any atom is 0.120 e. The molecule has 6 rings (SSSR count). The van der Waals surface area contributed by atoms with Gasteiger partial charge in [-0.2, -0.15) is 0 Å². The molecule has 0 bridgehead atoms. The number of benzene rings is 6. The van der Waals surface area contributed by atoms with Crippen LogP contribution in [0.3, 0.4) is 0 Å². The van der Waals surface area contributed by atoms with Gasteiger partial charge in [0.25, 0.3) is 0 Å². The van der Waals surface area contributed by atoms with Crippen molar-refractivity contribution in [2.24, 2.45) is 0 Å². The van der Waals surface area contributed by atoms with Crippen LogP contribution < -0.4 is 0 Å². The third kappa shape index (κ3) is 5.02. The average Bonchev–Trinajstić information content (AvgIpc) is 3.02. The molecule has 3 nitrogen and oxygen atoms in total. The van der Waals surface area contributed by atoms with Gasteiger partial charge < -0.3 is 15.3 Å². The van der Waals surface area contributed by atoms with Gasteiger partial charge in [0.2, 0.25) is 0 Å². The fourth-order valence-electron chi connectivity index (χ4n) is 5.71. The monoisotopic (exact) mass is 548 g/mol. The van der Waals surface area contributed by atoms with Gasteiger partial charge >= 0.3 is 0 Å². The van der Waals surface area contributed by atoms with Crippen LogP contribution in [-0.2, 0) is 5.41 Å². The van der Waals surface area contributed by atoms with E-state index in [1.807, 2.05) is 61.5 Å². The standard InChI is InChI=1S/C39H32O3/c1-26-8-10-29(11-9-26)31-16-22-37(41)35(24-31)39(2,33-18-12-28(13-19-33)27-6-4-3-5-7-27)36-25-32(17-23-38(36)42)30-14-20-34(40)21-15-30/h3-25,40-42H,1-2H3. The summed E-state index contributed by atoms with van der Waals surface area (Å²) in [4.78, 5) is 0. The molecule has 0 fully saturated rings. The molecule has 0 aliphatic heterocycles. The molecule has 1 unspecified atom stereocenters. The molecule has 0 aliphatic carbocycles. The number of aryl methyl sites for hydroxylation is 1. The van der Waals surface area contributed by atoms with Gasteiger partial charge in [-0.05, 0) is 89.2 Å². The van der Waals surface area contributed by atoms with E-state index in [0.717, 1.165) is 38.9 Å². The Morgan fingerprint density at radius 3 is 1.36 bits per heavy atom. The number of hydrogen-bond donors (Lipinski definition) is 3. The van der Waals surface area contributed by atoms with Crippen LogP contribution in [0.25, 0.3) is 33.4 Å². The van der Waals surface area contributed by atoms with E-state index in [4.69, 9.17) is 0 Å². The zero-order valence-corrected chi connectivity index (χ0v) is 23.6. The molecule has 0 saturated heterocycles. The van der Waals surface area contributed by atoms with Crippen molar-refractivity contribution in [3.8, 4) is 50.6 Å². The minimum absolute atomic E-state index is 0.132. The number of phenols is 3. The van der Waals surface area contributed by atoms with E-state index >= 15 is 0 Å². The van der Waals surface area contributed by atoms with E-state index in [1.54, 1.807) is 24.3 Å². The Bertz CT molecular complexity index is 1740. The summed E-state index contributed by atoms with van der Waals surface area (Å²) >= 11 is 0. The van der Waals surface area contributed by atoms with Gasteiger partial charge in [0, 0.05) is 16.5 Å². The molecule has 3 heteroatoms. The Labute approximate surface area is 246 Å². The zero-order valence-electron chi connectivity index (χ0n) is 23.6. The van der Waals surface area contributed by atoms with Gasteiger partial charge in [-0.3, -0.25) is 0 Å². The lowest BCUT2D eigenvalue weighted by Crippen LogP contribution is -2.26. The van der Waals surface area contributed by atoms with Gasteiger partial charge in [0.1, 0.15) is 17.2 Å². The predicted molar refractivity (Wildman–Crippen MR) is 171 cm³/mol. The number of aromatic hydroxyl groups is 3. The summed E-state index contributed by atoms with van der Waals surface area (Å²) < 4.78 is 0. The molecule has 6 aromatic carbocycles. The summed E-state index contributed by atoms with van der Waals surface area (Å²) in [6.45, 7) is 4.11. The van der Waals surface area contributed by atoms with E-state index < -0.39 is 5.41 Å². The lowest BCUT2D eigenvalue weighted by atomic mass is 9.69. The molecule has 0 radical (unpaired) electrons. The van der Waals surface area contributed by atoms with E-state index in [-0.39, 0.29) is 17.2 Å². The molecule has 206 valence electrons. The Morgan fingerprint density at radius 2 is 0.833 bits per heavy atom. The van der Waals surface area contributed by atoms with Gasteiger partial charge in [-0.25, -0.2) is 0 Å². The summed E-state index contributed by atoms with van der Waals surface area (Å²) in [5, 5.41) is 32.6. The first kappa shape index (κ1) is 26.9. The molecule has 3 N–H and O–H groups in total. The third-order valence-corrected chi connectivity index (χ3v) is 8.23. The summed E-state index contributed by atoms with van der Waals surface area (Å²) in [6.07, 6.45) is 0. The van der Waals surface area contributed by atoms with Crippen molar-refractivity contribution in [1.29, 1.82) is 0 Å². The largest absolute Gasteiger partial charge is 0.508 e. The summed E-state index contributed by atoms with van der Waals surface area (Å²) in [6, 6.07) is 45.1. The van der Waals surface area contributed by atoms with Gasteiger partial charge in [-0.1, -0.05) is 109 Å². The fourth-order valence-corrected chi connectivity index (χ4v) is 5.71. The number of hydrogen-bond acceptors (Lipinski definition) is 3. The minimum Gasteiger partial charge on any atom is -0.508 e. The molecule has 6 aromatic rings. The van der Waals surface area contributed by atoms with E-state index in [9.17, 15) is 15.3 Å². The smallest absolute Gasteiger partial charge is 0.120 e. The highest BCUT2D eigenvalue weighted by molar-refractivity contribution is 5.73. The summed E-state index contributed by atoms with van der Waals surface area (Å²) in [5.41, 5.74) is 8.56. The minimum atomic E-state index is -0.920. The van der Waals surface area contributed by atoms with Crippen LogP contribution in [-0.4, -0.2) is 15.3 Å². The van der Waals surface area contributed by atoms with Crippen molar-refractivity contribution >= 4 is 0 Å². The number of rotatable bonds is 6. The topological polar surface area (TPSA) is 60.7 Å².